The highest BCUT2D eigenvalue weighted by Gasteiger charge is 2.48. The van der Waals surface area contributed by atoms with Crippen LogP contribution >= 0.6 is 0 Å². The van der Waals surface area contributed by atoms with Gasteiger partial charge in [-0.05, 0) is 55.5 Å². The van der Waals surface area contributed by atoms with Crippen molar-refractivity contribution in [3.8, 4) is 5.75 Å². The minimum Gasteiger partial charge on any atom is -0.495 e. The van der Waals surface area contributed by atoms with Gasteiger partial charge in [0.05, 0.1) is 24.6 Å². The maximum absolute atomic E-state index is 12.6. The minimum absolute atomic E-state index is 0.0876. The van der Waals surface area contributed by atoms with Crippen molar-refractivity contribution in [3.05, 3.63) is 53.1 Å². The number of nitrogens with one attached hydrogen (secondary N) is 2. The number of aryl methyl sites for hydroxylation is 3. The maximum Gasteiger partial charge on any atom is 0.228 e. The van der Waals surface area contributed by atoms with Crippen LogP contribution in [-0.4, -0.2) is 18.9 Å². The fourth-order valence-electron chi connectivity index (χ4n) is 3.34. The molecule has 2 atom stereocenters. The van der Waals surface area contributed by atoms with Crippen LogP contribution in [0.4, 0.5) is 11.4 Å². The third-order valence-electron chi connectivity index (χ3n) is 5.07. The molecule has 0 saturated heterocycles. The van der Waals surface area contributed by atoms with Crippen molar-refractivity contribution in [2.75, 3.05) is 17.7 Å². The molecular weight excluding hydrogens is 340 g/mol. The van der Waals surface area contributed by atoms with E-state index >= 15 is 0 Å². The predicted molar refractivity (Wildman–Crippen MR) is 107 cm³/mol. The van der Waals surface area contributed by atoms with Gasteiger partial charge in [0.15, 0.2) is 0 Å². The van der Waals surface area contributed by atoms with Gasteiger partial charge in [0.1, 0.15) is 5.75 Å². The van der Waals surface area contributed by atoms with E-state index in [0.29, 0.717) is 17.9 Å². The van der Waals surface area contributed by atoms with Gasteiger partial charge >= 0.3 is 0 Å². The average molecular weight is 366 g/mol. The highest BCUT2D eigenvalue weighted by Crippen LogP contribution is 2.41. The summed E-state index contributed by atoms with van der Waals surface area (Å²) < 4.78 is 5.30. The van der Waals surface area contributed by atoms with E-state index in [2.05, 4.69) is 17.6 Å². The van der Waals surface area contributed by atoms with E-state index in [4.69, 9.17) is 4.74 Å². The van der Waals surface area contributed by atoms with Crippen molar-refractivity contribution >= 4 is 23.2 Å². The van der Waals surface area contributed by atoms with Crippen LogP contribution in [-0.2, 0) is 16.0 Å². The van der Waals surface area contributed by atoms with E-state index in [9.17, 15) is 9.59 Å². The summed E-state index contributed by atoms with van der Waals surface area (Å²) in [5.41, 5.74) is 4.68. The van der Waals surface area contributed by atoms with Crippen LogP contribution in [0.15, 0.2) is 36.4 Å². The maximum atomic E-state index is 12.6. The van der Waals surface area contributed by atoms with Crippen molar-refractivity contribution in [2.24, 2.45) is 11.8 Å². The Bertz CT molecular complexity index is 876. The van der Waals surface area contributed by atoms with Gasteiger partial charge in [0, 0.05) is 5.69 Å². The smallest absolute Gasteiger partial charge is 0.228 e. The molecular formula is C22H26N2O3. The number of methoxy groups -OCH3 is 1. The second-order valence-electron chi connectivity index (χ2n) is 7.09. The number of carbonyl (C=O) groups is 2. The molecule has 2 amide bonds. The molecule has 1 aliphatic carbocycles. The SMILES string of the molecule is CCc1cccc(C)c1NC(=O)C1CC1C(=O)Nc1cc(C)ccc1OC. The Morgan fingerprint density at radius 2 is 1.78 bits per heavy atom. The Morgan fingerprint density at radius 1 is 1.07 bits per heavy atom. The standard InChI is InChI=1S/C22H26N2O3/c1-5-15-8-6-7-14(3)20(15)24-22(26)17-12-16(17)21(25)23-18-11-13(2)9-10-19(18)27-4/h6-11,16-17H,5,12H2,1-4H3,(H,23,25)(H,24,26). The lowest BCUT2D eigenvalue weighted by Crippen LogP contribution is -2.21. The summed E-state index contributed by atoms with van der Waals surface area (Å²) in [6, 6.07) is 11.6. The molecule has 0 bridgehead atoms. The summed E-state index contributed by atoms with van der Waals surface area (Å²) in [5, 5.41) is 5.93. The van der Waals surface area contributed by atoms with Gasteiger partial charge in [0.2, 0.25) is 11.8 Å². The fourth-order valence-corrected chi connectivity index (χ4v) is 3.34. The van der Waals surface area contributed by atoms with Crippen LogP contribution in [0.3, 0.4) is 0 Å². The number of benzene rings is 2. The average Bonchev–Trinajstić information content (AvgIpc) is 3.44. The van der Waals surface area contributed by atoms with Crippen molar-refractivity contribution in [1.29, 1.82) is 0 Å². The second-order valence-corrected chi connectivity index (χ2v) is 7.09. The summed E-state index contributed by atoms with van der Waals surface area (Å²) in [6.45, 7) is 6.00. The molecule has 0 heterocycles. The number of ether oxygens (including phenoxy) is 1. The second kappa shape index (κ2) is 7.82. The summed E-state index contributed by atoms with van der Waals surface area (Å²) in [7, 11) is 1.57. The number of hydrogen-bond acceptors (Lipinski definition) is 3. The summed E-state index contributed by atoms with van der Waals surface area (Å²) in [5.74, 6) is -0.201. The molecule has 5 nitrogen and oxygen atoms in total. The molecule has 1 aliphatic rings. The van der Waals surface area contributed by atoms with Gasteiger partial charge in [-0.15, -0.1) is 0 Å². The van der Waals surface area contributed by atoms with E-state index < -0.39 is 0 Å². The zero-order chi connectivity index (χ0) is 19.6. The zero-order valence-electron chi connectivity index (χ0n) is 16.3. The number of carbonyl (C=O) groups excluding carboxylic acids is 2. The fraction of sp³-hybridized carbons (Fsp3) is 0.364. The molecule has 2 aromatic rings. The lowest BCUT2D eigenvalue weighted by Gasteiger charge is -2.13. The third kappa shape index (κ3) is 4.13. The zero-order valence-corrected chi connectivity index (χ0v) is 16.3. The molecule has 142 valence electrons. The first kappa shape index (κ1) is 19.0. The number of anilines is 2. The lowest BCUT2D eigenvalue weighted by atomic mass is 10.1. The third-order valence-corrected chi connectivity index (χ3v) is 5.07. The van der Waals surface area contributed by atoms with Crippen molar-refractivity contribution in [1.82, 2.24) is 0 Å². The molecule has 27 heavy (non-hydrogen) atoms. The number of rotatable bonds is 6. The number of hydrogen-bond donors (Lipinski definition) is 2. The molecule has 1 saturated carbocycles. The quantitative estimate of drug-likeness (QED) is 0.809. The van der Waals surface area contributed by atoms with Gasteiger partial charge in [-0.2, -0.15) is 0 Å². The van der Waals surface area contributed by atoms with Gasteiger partial charge < -0.3 is 15.4 Å². The lowest BCUT2D eigenvalue weighted by molar-refractivity contribution is -0.122. The van der Waals surface area contributed by atoms with Crippen molar-refractivity contribution in [2.45, 2.75) is 33.6 Å². The highest BCUT2D eigenvalue weighted by atomic mass is 16.5. The highest BCUT2D eigenvalue weighted by molar-refractivity contribution is 6.04. The van der Waals surface area contributed by atoms with Crippen LogP contribution in [0.1, 0.15) is 30.0 Å². The Hall–Kier alpha value is -2.82. The first-order valence-electron chi connectivity index (χ1n) is 9.29. The van der Waals surface area contributed by atoms with E-state index in [1.807, 2.05) is 50.2 Å². The van der Waals surface area contributed by atoms with Gasteiger partial charge in [-0.1, -0.05) is 31.2 Å². The topological polar surface area (TPSA) is 67.4 Å². The Labute approximate surface area is 160 Å². The minimum atomic E-state index is -0.302. The molecule has 2 N–H and O–H groups in total. The Kier molecular flexibility index (Phi) is 5.49. The summed E-state index contributed by atoms with van der Waals surface area (Å²) in [6.07, 6.45) is 1.41. The number of amides is 2. The largest absolute Gasteiger partial charge is 0.495 e. The Morgan fingerprint density at radius 3 is 2.44 bits per heavy atom. The van der Waals surface area contributed by atoms with E-state index in [-0.39, 0.29) is 23.7 Å². The van der Waals surface area contributed by atoms with Gasteiger partial charge in [-0.3, -0.25) is 9.59 Å². The molecule has 2 unspecified atom stereocenters. The predicted octanol–water partition coefficient (Wildman–Crippen LogP) is 4.09. The van der Waals surface area contributed by atoms with Crippen LogP contribution in [0, 0.1) is 25.7 Å². The summed E-state index contributed by atoms with van der Waals surface area (Å²) >= 11 is 0. The van der Waals surface area contributed by atoms with Crippen molar-refractivity contribution < 1.29 is 14.3 Å². The van der Waals surface area contributed by atoms with E-state index in [1.54, 1.807) is 7.11 Å². The van der Waals surface area contributed by atoms with Crippen LogP contribution in [0.2, 0.25) is 0 Å². The van der Waals surface area contributed by atoms with Crippen LogP contribution in [0.5, 0.6) is 5.75 Å². The first-order chi connectivity index (χ1) is 12.9. The van der Waals surface area contributed by atoms with Gasteiger partial charge in [0.25, 0.3) is 0 Å². The van der Waals surface area contributed by atoms with E-state index in [1.165, 1.54) is 0 Å². The molecule has 3 rings (SSSR count). The molecule has 1 fully saturated rings. The monoisotopic (exact) mass is 366 g/mol. The van der Waals surface area contributed by atoms with Crippen LogP contribution < -0.4 is 15.4 Å². The molecule has 0 radical (unpaired) electrons. The molecule has 0 spiro atoms. The molecule has 2 aromatic carbocycles. The van der Waals surface area contributed by atoms with E-state index in [0.717, 1.165) is 28.8 Å². The number of para-hydroxylation sites is 1. The Balaban J connectivity index is 1.65. The molecule has 5 heteroatoms. The van der Waals surface area contributed by atoms with Gasteiger partial charge in [-0.25, -0.2) is 0 Å². The molecule has 0 aliphatic heterocycles. The van der Waals surface area contributed by atoms with Crippen molar-refractivity contribution in [3.63, 3.8) is 0 Å². The first-order valence-corrected chi connectivity index (χ1v) is 9.29. The summed E-state index contributed by atoms with van der Waals surface area (Å²) in [4.78, 5) is 25.2. The molecule has 0 aromatic heterocycles. The van der Waals surface area contributed by atoms with Crippen LogP contribution in [0.25, 0.3) is 0 Å². The normalized spacial score (nSPS) is 17.9.